The van der Waals surface area contributed by atoms with E-state index in [1.165, 1.54) is 11.3 Å². The van der Waals surface area contributed by atoms with Crippen molar-refractivity contribution >= 4 is 17.3 Å². The maximum absolute atomic E-state index is 6.16. The molecule has 0 aliphatic carbocycles. The fourth-order valence-electron chi connectivity index (χ4n) is 2.40. The molecule has 2 rings (SSSR count). The van der Waals surface area contributed by atoms with Crippen molar-refractivity contribution < 1.29 is 4.74 Å². The minimum atomic E-state index is 0.0951. The van der Waals surface area contributed by atoms with Crippen LogP contribution in [0.2, 0.25) is 5.02 Å². The normalized spacial score (nSPS) is 20.2. The average Bonchev–Trinajstić information content (AvgIpc) is 2.35. The van der Waals surface area contributed by atoms with Crippen molar-refractivity contribution in [3.8, 4) is 0 Å². The minimum Gasteiger partial charge on any atom is -0.375 e. The molecular weight excluding hydrogens is 272 g/mol. The number of benzene rings is 1. The molecule has 1 N–H and O–H groups in total. The molecular formula is C16H25ClN2O. The lowest BCUT2D eigenvalue weighted by Crippen LogP contribution is -2.42. The number of rotatable bonds is 3. The van der Waals surface area contributed by atoms with Crippen molar-refractivity contribution in [2.24, 2.45) is 0 Å². The second-order valence-corrected chi connectivity index (χ2v) is 6.94. The lowest BCUT2D eigenvalue weighted by molar-refractivity contribution is 0.0531. The second-order valence-electron chi connectivity index (χ2n) is 6.50. The van der Waals surface area contributed by atoms with Crippen molar-refractivity contribution in [3.05, 3.63) is 28.8 Å². The molecule has 0 saturated carbocycles. The molecule has 1 aromatic carbocycles. The van der Waals surface area contributed by atoms with Gasteiger partial charge in [-0.15, -0.1) is 0 Å². The molecule has 0 radical (unpaired) electrons. The van der Waals surface area contributed by atoms with Crippen molar-refractivity contribution in [1.29, 1.82) is 0 Å². The van der Waals surface area contributed by atoms with Gasteiger partial charge < -0.3 is 15.0 Å². The van der Waals surface area contributed by atoms with E-state index in [0.717, 1.165) is 31.3 Å². The first kappa shape index (κ1) is 15.6. The summed E-state index contributed by atoms with van der Waals surface area (Å²) in [6.07, 6.45) is 0.280. The van der Waals surface area contributed by atoms with Crippen LogP contribution in [-0.2, 0) is 11.3 Å². The number of hydrogen-bond acceptors (Lipinski definition) is 3. The van der Waals surface area contributed by atoms with Crippen LogP contribution in [0.5, 0.6) is 0 Å². The highest BCUT2D eigenvalue weighted by Gasteiger charge is 2.20. The molecule has 4 heteroatoms. The molecule has 0 amide bonds. The third-order valence-corrected chi connectivity index (χ3v) is 3.67. The van der Waals surface area contributed by atoms with E-state index in [9.17, 15) is 0 Å². The molecule has 3 nitrogen and oxygen atoms in total. The van der Waals surface area contributed by atoms with E-state index in [0.29, 0.717) is 0 Å². The van der Waals surface area contributed by atoms with Gasteiger partial charge in [-0.2, -0.15) is 0 Å². The van der Waals surface area contributed by atoms with Gasteiger partial charge in [0.15, 0.2) is 0 Å². The number of hydrogen-bond donors (Lipinski definition) is 1. The van der Waals surface area contributed by atoms with Gasteiger partial charge in [-0.25, -0.2) is 0 Å². The van der Waals surface area contributed by atoms with E-state index in [1.807, 2.05) is 6.07 Å². The summed E-state index contributed by atoms with van der Waals surface area (Å²) in [5, 5.41) is 4.33. The highest BCUT2D eigenvalue weighted by Crippen LogP contribution is 2.26. The van der Waals surface area contributed by atoms with Gasteiger partial charge in [0.05, 0.1) is 12.7 Å². The van der Waals surface area contributed by atoms with Crippen LogP contribution in [0.4, 0.5) is 5.69 Å². The molecule has 0 spiro atoms. The van der Waals surface area contributed by atoms with Crippen molar-refractivity contribution in [1.82, 2.24) is 5.32 Å². The van der Waals surface area contributed by atoms with E-state index in [1.54, 1.807) is 0 Å². The molecule has 20 heavy (non-hydrogen) atoms. The third kappa shape index (κ3) is 4.37. The molecule has 112 valence electrons. The molecule has 1 aliphatic rings. The van der Waals surface area contributed by atoms with Gasteiger partial charge in [0.25, 0.3) is 0 Å². The maximum Gasteiger partial charge on any atom is 0.0722 e. The lowest BCUT2D eigenvalue weighted by atomic mass is 10.1. The Balaban J connectivity index is 2.18. The summed E-state index contributed by atoms with van der Waals surface area (Å²) in [5.74, 6) is 0. The van der Waals surface area contributed by atoms with Gasteiger partial charge in [-0.3, -0.25) is 0 Å². The van der Waals surface area contributed by atoms with Gasteiger partial charge in [-0.1, -0.05) is 11.6 Å². The van der Waals surface area contributed by atoms with Gasteiger partial charge in [0.1, 0.15) is 0 Å². The summed E-state index contributed by atoms with van der Waals surface area (Å²) >= 11 is 6.16. The molecule has 1 aliphatic heterocycles. The summed E-state index contributed by atoms with van der Waals surface area (Å²) in [6, 6.07) is 6.16. The predicted molar refractivity (Wildman–Crippen MR) is 85.7 cm³/mol. The first-order chi connectivity index (χ1) is 9.35. The summed E-state index contributed by atoms with van der Waals surface area (Å²) in [5.41, 5.74) is 2.61. The first-order valence-corrected chi connectivity index (χ1v) is 7.63. The maximum atomic E-state index is 6.16. The number of nitrogens with zero attached hydrogens (tertiary/aromatic N) is 1. The number of nitrogens with one attached hydrogen (secondary N) is 1. The lowest BCUT2D eigenvalue weighted by Gasteiger charge is -2.34. The summed E-state index contributed by atoms with van der Waals surface area (Å²) in [6.45, 7) is 12.1. The monoisotopic (exact) mass is 296 g/mol. The topological polar surface area (TPSA) is 24.5 Å². The van der Waals surface area contributed by atoms with Crippen molar-refractivity contribution in [2.75, 3.05) is 24.6 Å². The fourth-order valence-corrected chi connectivity index (χ4v) is 2.60. The fraction of sp³-hybridized carbons (Fsp3) is 0.625. The van der Waals surface area contributed by atoms with E-state index < -0.39 is 0 Å². The Labute approximate surface area is 127 Å². The zero-order valence-corrected chi connectivity index (χ0v) is 13.6. The summed E-state index contributed by atoms with van der Waals surface area (Å²) in [4.78, 5) is 2.39. The van der Waals surface area contributed by atoms with E-state index in [2.05, 4.69) is 50.0 Å². The molecule has 1 fully saturated rings. The molecule has 1 heterocycles. The first-order valence-electron chi connectivity index (χ1n) is 7.25. The van der Waals surface area contributed by atoms with Crippen LogP contribution < -0.4 is 10.2 Å². The Kier molecular flexibility index (Phi) is 4.95. The minimum absolute atomic E-state index is 0.0951. The number of morpholine rings is 1. The van der Waals surface area contributed by atoms with Crippen LogP contribution in [0.3, 0.4) is 0 Å². The standard InChI is InChI=1S/C16H25ClN2O/c1-12-11-19(7-8-20-12)15-6-5-14(17)9-13(15)10-18-16(2,3)4/h5-6,9,12,18H,7-8,10-11H2,1-4H3. The van der Waals surface area contributed by atoms with Crippen LogP contribution in [0.1, 0.15) is 33.3 Å². The molecule has 1 atom stereocenters. The van der Waals surface area contributed by atoms with E-state index >= 15 is 0 Å². The quantitative estimate of drug-likeness (QED) is 0.924. The SMILES string of the molecule is CC1CN(c2ccc(Cl)cc2CNC(C)(C)C)CCO1. The number of anilines is 1. The van der Waals surface area contributed by atoms with Gasteiger partial charge >= 0.3 is 0 Å². The molecule has 1 saturated heterocycles. The Bertz CT molecular complexity index is 456. The Morgan fingerprint density at radius 3 is 2.80 bits per heavy atom. The van der Waals surface area contributed by atoms with Crippen molar-refractivity contribution in [2.45, 2.75) is 45.9 Å². The van der Waals surface area contributed by atoms with Crippen molar-refractivity contribution in [3.63, 3.8) is 0 Å². The largest absolute Gasteiger partial charge is 0.375 e. The second kappa shape index (κ2) is 6.33. The Morgan fingerprint density at radius 1 is 1.40 bits per heavy atom. The Hall–Kier alpha value is -0.770. The van der Waals surface area contributed by atoms with Crippen LogP contribution in [0.15, 0.2) is 18.2 Å². The van der Waals surface area contributed by atoms with E-state index in [-0.39, 0.29) is 11.6 Å². The third-order valence-electron chi connectivity index (χ3n) is 3.43. The summed E-state index contributed by atoms with van der Waals surface area (Å²) < 4.78 is 5.62. The summed E-state index contributed by atoms with van der Waals surface area (Å²) in [7, 11) is 0. The van der Waals surface area contributed by atoms with Crippen LogP contribution in [-0.4, -0.2) is 31.3 Å². The molecule has 1 unspecified atom stereocenters. The molecule has 1 aromatic rings. The number of ether oxygens (including phenoxy) is 1. The van der Waals surface area contributed by atoms with Gasteiger partial charge in [0, 0.05) is 35.9 Å². The highest BCUT2D eigenvalue weighted by molar-refractivity contribution is 6.30. The average molecular weight is 297 g/mol. The van der Waals surface area contributed by atoms with Crippen LogP contribution >= 0.6 is 11.6 Å². The zero-order chi connectivity index (χ0) is 14.8. The van der Waals surface area contributed by atoms with Crippen LogP contribution in [0.25, 0.3) is 0 Å². The highest BCUT2D eigenvalue weighted by atomic mass is 35.5. The number of halogens is 1. The molecule has 0 aromatic heterocycles. The van der Waals surface area contributed by atoms with Gasteiger partial charge in [-0.05, 0) is 51.5 Å². The van der Waals surface area contributed by atoms with Gasteiger partial charge in [0.2, 0.25) is 0 Å². The Morgan fingerprint density at radius 2 is 2.15 bits per heavy atom. The zero-order valence-electron chi connectivity index (χ0n) is 12.9. The van der Waals surface area contributed by atoms with E-state index in [4.69, 9.17) is 16.3 Å². The smallest absolute Gasteiger partial charge is 0.0722 e. The van der Waals surface area contributed by atoms with Crippen LogP contribution in [0, 0.1) is 0 Å². The molecule has 0 bridgehead atoms. The predicted octanol–water partition coefficient (Wildman–Crippen LogP) is 3.45.